The Bertz CT molecular complexity index is 474. The van der Waals surface area contributed by atoms with Gasteiger partial charge in [-0.1, -0.05) is 0 Å². The van der Waals surface area contributed by atoms with Gasteiger partial charge in [0.25, 0.3) is 5.56 Å². The van der Waals surface area contributed by atoms with E-state index in [-0.39, 0.29) is 11.6 Å². The zero-order valence-corrected chi connectivity index (χ0v) is 8.90. The fourth-order valence-corrected chi connectivity index (χ4v) is 1.94. The molecule has 1 N–H and O–H groups in total. The molecule has 1 aromatic rings. The standard InChI is InChI=1S/C11H14N2O2/c1-7-5-12-10-9(6-14)4-3-8(2)13(10)11(7)15/h5-6,8,14H,3-4H2,1-2H3/b9-6-. The van der Waals surface area contributed by atoms with E-state index in [1.807, 2.05) is 6.92 Å². The third-order valence-electron chi connectivity index (χ3n) is 2.88. The van der Waals surface area contributed by atoms with Crippen molar-refractivity contribution in [2.75, 3.05) is 0 Å². The van der Waals surface area contributed by atoms with Crippen molar-refractivity contribution >= 4 is 5.57 Å². The number of allylic oxidation sites excluding steroid dienone is 1. The molecule has 1 unspecified atom stereocenters. The van der Waals surface area contributed by atoms with Crippen LogP contribution in [0.5, 0.6) is 0 Å². The molecule has 4 nitrogen and oxygen atoms in total. The first-order valence-electron chi connectivity index (χ1n) is 5.07. The first kappa shape index (κ1) is 9.96. The summed E-state index contributed by atoms with van der Waals surface area (Å²) in [4.78, 5) is 16.1. The van der Waals surface area contributed by atoms with Crippen LogP contribution in [0.3, 0.4) is 0 Å². The average Bonchev–Trinajstić information content (AvgIpc) is 2.24. The topological polar surface area (TPSA) is 55.1 Å². The molecule has 4 heteroatoms. The van der Waals surface area contributed by atoms with Gasteiger partial charge >= 0.3 is 0 Å². The third-order valence-corrected chi connectivity index (χ3v) is 2.88. The summed E-state index contributed by atoms with van der Waals surface area (Å²) in [6, 6.07) is 0.156. The van der Waals surface area contributed by atoms with Crippen LogP contribution in [-0.2, 0) is 0 Å². The van der Waals surface area contributed by atoms with Gasteiger partial charge in [-0.3, -0.25) is 9.36 Å². The van der Waals surface area contributed by atoms with Gasteiger partial charge < -0.3 is 5.11 Å². The lowest BCUT2D eigenvalue weighted by Crippen LogP contribution is -2.31. The van der Waals surface area contributed by atoms with Gasteiger partial charge in [0.15, 0.2) is 0 Å². The van der Waals surface area contributed by atoms with Crippen molar-refractivity contribution in [1.29, 1.82) is 0 Å². The summed E-state index contributed by atoms with van der Waals surface area (Å²) in [7, 11) is 0. The lowest BCUT2D eigenvalue weighted by molar-refractivity contribution is 0.440. The minimum Gasteiger partial charge on any atom is -0.515 e. The lowest BCUT2D eigenvalue weighted by atomic mass is 10.0. The van der Waals surface area contributed by atoms with Crippen LogP contribution in [0, 0.1) is 6.92 Å². The summed E-state index contributed by atoms with van der Waals surface area (Å²) in [5, 5.41) is 9.07. The van der Waals surface area contributed by atoms with Crippen molar-refractivity contribution in [3.63, 3.8) is 0 Å². The highest BCUT2D eigenvalue weighted by Crippen LogP contribution is 2.28. The van der Waals surface area contributed by atoms with E-state index in [2.05, 4.69) is 4.98 Å². The number of rotatable bonds is 0. The Kier molecular flexibility index (Phi) is 2.34. The molecule has 2 rings (SSSR count). The molecular weight excluding hydrogens is 192 g/mol. The minimum absolute atomic E-state index is 0.00782. The normalized spacial score (nSPS) is 22.8. The predicted molar refractivity (Wildman–Crippen MR) is 57.8 cm³/mol. The van der Waals surface area contributed by atoms with Gasteiger partial charge in [0.2, 0.25) is 0 Å². The molecule has 0 fully saturated rings. The van der Waals surface area contributed by atoms with Crippen LogP contribution in [0.1, 0.15) is 37.2 Å². The molecule has 0 aromatic carbocycles. The van der Waals surface area contributed by atoms with Crippen molar-refractivity contribution in [3.05, 3.63) is 34.2 Å². The zero-order valence-electron chi connectivity index (χ0n) is 8.90. The fraction of sp³-hybridized carbons (Fsp3) is 0.455. The van der Waals surface area contributed by atoms with Crippen molar-refractivity contribution in [2.24, 2.45) is 0 Å². The van der Waals surface area contributed by atoms with Gasteiger partial charge in [0, 0.05) is 23.4 Å². The third kappa shape index (κ3) is 1.46. The highest BCUT2D eigenvalue weighted by Gasteiger charge is 2.22. The minimum atomic E-state index is -0.00782. The van der Waals surface area contributed by atoms with E-state index in [4.69, 9.17) is 5.11 Å². The average molecular weight is 206 g/mol. The Balaban J connectivity index is 2.73. The molecule has 0 saturated heterocycles. The van der Waals surface area contributed by atoms with Crippen molar-refractivity contribution in [2.45, 2.75) is 32.7 Å². The van der Waals surface area contributed by atoms with Crippen molar-refractivity contribution < 1.29 is 5.11 Å². The van der Waals surface area contributed by atoms with Crippen LogP contribution in [0.15, 0.2) is 17.3 Å². The van der Waals surface area contributed by atoms with Gasteiger partial charge in [-0.25, -0.2) is 4.98 Å². The monoisotopic (exact) mass is 206 g/mol. The fourth-order valence-electron chi connectivity index (χ4n) is 1.94. The van der Waals surface area contributed by atoms with Crippen LogP contribution in [-0.4, -0.2) is 14.7 Å². The van der Waals surface area contributed by atoms with Gasteiger partial charge in [0.1, 0.15) is 5.82 Å². The molecule has 1 aliphatic rings. The second-order valence-corrected chi connectivity index (χ2v) is 3.98. The number of aliphatic hydroxyl groups excluding tert-OH is 1. The number of hydrogen-bond acceptors (Lipinski definition) is 3. The zero-order chi connectivity index (χ0) is 11.0. The largest absolute Gasteiger partial charge is 0.515 e. The Hall–Kier alpha value is -1.58. The summed E-state index contributed by atoms with van der Waals surface area (Å²) in [5.41, 5.74) is 1.38. The van der Waals surface area contributed by atoms with Crippen LogP contribution < -0.4 is 5.56 Å². The van der Waals surface area contributed by atoms with E-state index in [1.54, 1.807) is 17.7 Å². The molecule has 1 aliphatic heterocycles. The first-order chi connectivity index (χ1) is 7.15. The van der Waals surface area contributed by atoms with Gasteiger partial charge in [-0.05, 0) is 26.7 Å². The second kappa shape index (κ2) is 3.53. The predicted octanol–water partition coefficient (Wildman–Crippen LogP) is 1.81. The molecule has 2 heterocycles. The summed E-state index contributed by atoms with van der Waals surface area (Å²) >= 11 is 0. The number of aliphatic hydroxyl groups is 1. The number of nitrogens with zero attached hydrogens (tertiary/aromatic N) is 2. The molecule has 15 heavy (non-hydrogen) atoms. The number of aromatic nitrogens is 2. The number of aryl methyl sites for hydroxylation is 1. The maximum Gasteiger partial charge on any atom is 0.256 e. The Morgan fingerprint density at radius 2 is 2.40 bits per heavy atom. The summed E-state index contributed by atoms with van der Waals surface area (Å²) in [5.74, 6) is 0.604. The quantitative estimate of drug-likeness (QED) is 0.658. The summed E-state index contributed by atoms with van der Waals surface area (Å²) in [6.45, 7) is 3.76. The summed E-state index contributed by atoms with van der Waals surface area (Å²) in [6.07, 6.45) is 4.26. The highest BCUT2D eigenvalue weighted by atomic mass is 16.2. The highest BCUT2D eigenvalue weighted by molar-refractivity contribution is 5.60. The molecule has 0 amide bonds. The molecule has 0 aliphatic carbocycles. The molecule has 1 atom stereocenters. The maximum atomic E-state index is 11.9. The Morgan fingerprint density at radius 1 is 1.67 bits per heavy atom. The molecule has 80 valence electrons. The van der Waals surface area contributed by atoms with Gasteiger partial charge in [0.05, 0.1) is 6.26 Å². The maximum absolute atomic E-state index is 11.9. The number of hydrogen-bond donors (Lipinski definition) is 1. The second-order valence-electron chi connectivity index (χ2n) is 3.98. The van der Waals surface area contributed by atoms with Crippen LogP contribution in [0.4, 0.5) is 0 Å². The molecule has 0 radical (unpaired) electrons. The van der Waals surface area contributed by atoms with Crippen LogP contribution >= 0.6 is 0 Å². The van der Waals surface area contributed by atoms with E-state index < -0.39 is 0 Å². The SMILES string of the molecule is Cc1cnc2n(c1=O)C(C)CC/C2=C/O. The van der Waals surface area contributed by atoms with Gasteiger partial charge in [-0.2, -0.15) is 0 Å². The molecule has 0 bridgehead atoms. The van der Waals surface area contributed by atoms with Crippen molar-refractivity contribution in [1.82, 2.24) is 9.55 Å². The Morgan fingerprint density at radius 3 is 3.07 bits per heavy atom. The molecule has 0 saturated carbocycles. The first-order valence-corrected chi connectivity index (χ1v) is 5.07. The van der Waals surface area contributed by atoms with E-state index >= 15 is 0 Å². The van der Waals surface area contributed by atoms with E-state index in [9.17, 15) is 4.79 Å². The van der Waals surface area contributed by atoms with Crippen LogP contribution in [0.25, 0.3) is 5.57 Å². The molecular formula is C11H14N2O2. The van der Waals surface area contributed by atoms with Crippen LogP contribution in [0.2, 0.25) is 0 Å². The molecule has 0 spiro atoms. The number of fused-ring (bicyclic) bond motifs is 1. The van der Waals surface area contributed by atoms with Gasteiger partial charge in [-0.15, -0.1) is 0 Å². The molecule has 1 aromatic heterocycles. The van der Waals surface area contributed by atoms with E-state index in [0.717, 1.165) is 24.7 Å². The lowest BCUT2D eigenvalue weighted by Gasteiger charge is -2.25. The van der Waals surface area contributed by atoms with E-state index in [0.29, 0.717) is 11.4 Å². The Labute approximate surface area is 87.9 Å². The summed E-state index contributed by atoms with van der Waals surface area (Å²) < 4.78 is 1.67. The van der Waals surface area contributed by atoms with E-state index in [1.165, 1.54) is 0 Å². The van der Waals surface area contributed by atoms with Crippen molar-refractivity contribution in [3.8, 4) is 0 Å². The smallest absolute Gasteiger partial charge is 0.256 e.